The van der Waals surface area contributed by atoms with Gasteiger partial charge >= 0.3 is 0 Å². The standard InChI is InChI=1S/C14H18ClN5S/c1-8(17-13-10(6-16)12(15)19-21-13)11-7-20(14(3,4)5)18-9(11)2/h7-8,17H,1-5H3. The Hall–Kier alpha value is -1.58. The highest BCUT2D eigenvalue weighted by atomic mass is 35.5. The van der Waals surface area contributed by atoms with Crippen molar-refractivity contribution in [3.05, 3.63) is 28.2 Å². The third-order valence-corrected chi connectivity index (χ3v) is 4.35. The molecule has 0 amide bonds. The Morgan fingerprint density at radius 2 is 2.14 bits per heavy atom. The number of rotatable bonds is 3. The van der Waals surface area contributed by atoms with Crippen LogP contribution in [-0.2, 0) is 5.54 Å². The van der Waals surface area contributed by atoms with Crippen molar-refractivity contribution < 1.29 is 0 Å². The number of nitrogens with zero attached hydrogens (tertiary/aromatic N) is 4. The van der Waals surface area contributed by atoms with Gasteiger partial charge in [-0.25, -0.2) is 0 Å². The number of aryl methyl sites for hydroxylation is 1. The first-order valence-corrected chi connectivity index (χ1v) is 7.77. The van der Waals surface area contributed by atoms with E-state index < -0.39 is 0 Å². The van der Waals surface area contributed by atoms with Crippen LogP contribution in [0.2, 0.25) is 5.15 Å². The second kappa shape index (κ2) is 5.66. The first-order valence-electron chi connectivity index (χ1n) is 6.62. The molecule has 1 atom stereocenters. The Balaban J connectivity index is 2.27. The zero-order chi connectivity index (χ0) is 15.8. The van der Waals surface area contributed by atoms with E-state index in [2.05, 4.69) is 41.6 Å². The number of hydrogen-bond acceptors (Lipinski definition) is 5. The average molecular weight is 324 g/mol. The molecule has 2 aromatic rings. The van der Waals surface area contributed by atoms with Crippen LogP contribution in [0.5, 0.6) is 0 Å². The lowest BCUT2D eigenvalue weighted by Gasteiger charge is -2.19. The molecule has 7 heteroatoms. The van der Waals surface area contributed by atoms with Gasteiger partial charge in [0, 0.05) is 11.8 Å². The largest absolute Gasteiger partial charge is 0.368 e. The second-order valence-electron chi connectivity index (χ2n) is 5.94. The van der Waals surface area contributed by atoms with Crippen LogP contribution < -0.4 is 5.32 Å². The Morgan fingerprint density at radius 1 is 1.48 bits per heavy atom. The molecule has 5 nitrogen and oxygen atoms in total. The van der Waals surface area contributed by atoms with Gasteiger partial charge in [0.1, 0.15) is 16.6 Å². The van der Waals surface area contributed by atoms with Gasteiger partial charge in [0.2, 0.25) is 0 Å². The van der Waals surface area contributed by atoms with Gasteiger partial charge in [-0.05, 0) is 46.2 Å². The lowest BCUT2D eigenvalue weighted by Crippen LogP contribution is -2.22. The number of hydrogen-bond donors (Lipinski definition) is 1. The molecule has 1 N–H and O–H groups in total. The second-order valence-corrected chi connectivity index (χ2v) is 7.07. The van der Waals surface area contributed by atoms with Crippen molar-refractivity contribution in [2.45, 2.75) is 46.2 Å². The van der Waals surface area contributed by atoms with Crippen molar-refractivity contribution in [2.75, 3.05) is 5.32 Å². The molecule has 2 heterocycles. The molecule has 0 saturated heterocycles. The molecule has 112 valence electrons. The molecule has 2 rings (SSSR count). The Labute approximate surface area is 133 Å². The van der Waals surface area contributed by atoms with Crippen LogP contribution in [0.4, 0.5) is 5.00 Å². The normalized spacial score (nSPS) is 13.0. The van der Waals surface area contributed by atoms with Crippen LogP contribution >= 0.6 is 23.1 Å². The maximum Gasteiger partial charge on any atom is 0.162 e. The minimum atomic E-state index is -0.0612. The van der Waals surface area contributed by atoms with Gasteiger partial charge in [-0.15, -0.1) is 0 Å². The summed E-state index contributed by atoms with van der Waals surface area (Å²) in [6.07, 6.45) is 2.04. The van der Waals surface area contributed by atoms with Gasteiger partial charge in [0.25, 0.3) is 0 Å². The summed E-state index contributed by atoms with van der Waals surface area (Å²) in [5, 5.41) is 17.9. The number of anilines is 1. The van der Waals surface area contributed by atoms with Crippen molar-refractivity contribution in [3.8, 4) is 6.07 Å². The zero-order valence-corrected chi connectivity index (χ0v) is 14.3. The summed E-state index contributed by atoms with van der Waals surface area (Å²) in [7, 11) is 0. The molecule has 0 aliphatic heterocycles. The quantitative estimate of drug-likeness (QED) is 0.923. The topological polar surface area (TPSA) is 66.5 Å². The predicted octanol–water partition coefficient (Wildman–Crippen LogP) is 4.10. The molecular formula is C14H18ClN5S. The fourth-order valence-corrected chi connectivity index (χ4v) is 3.00. The summed E-state index contributed by atoms with van der Waals surface area (Å²) in [5.41, 5.74) is 2.40. The lowest BCUT2D eigenvalue weighted by atomic mass is 10.1. The van der Waals surface area contributed by atoms with Crippen LogP contribution in [-0.4, -0.2) is 14.2 Å². The number of halogens is 1. The van der Waals surface area contributed by atoms with Crippen LogP contribution in [0.3, 0.4) is 0 Å². The maximum absolute atomic E-state index is 9.11. The summed E-state index contributed by atoms with van der Waals surface area (Å²) in [6.45, 7) is 10.3. The summed E-state index contributed by atoms with van der Waals surface area (Å²) in [5.74, 6) is 0. The molecule has 0 fully saturated rings. The van der Waals surface area contributed by atoms with E-state index in [1.165, 1.54) is 11.5 Å². The van der Waals surface area contributed by atoms with Gasteiger partial charge < -0.3 is 5.32 Å². The highest BCUT2D eigenvalue weighted by molar-refractivity contribution is 7.10. The lowest BCUT2D eigenvalue weighted by molar-refractivity contribution is 0.354. The Morgan fingerprint density at radius 3 is 2.67 bits per heavy atom. The first kappa shape index (κ1) is 15.8. The first-order chi connectivity index (χ1) is 9.74. The van der Waals surface area contributed by atoms with Gasteiger partial charge in [-0.1, -0.05) is 11.6 Å². The molecule has 0 aromatic carbocycles. The molecule has 0 aliphatic carbocycles. The van der Waals surface area contributed by atoms with E-state index in [9.17, 15) is 0 Å². The fourth-order valence-electron chi connectivity index (χ4n) is 1.98. The number of nitriles is 1. The maximum atomic E-state index is 9.11. The minimum absolute atomic E-state index is 0.0183. The van der Waals surface area contributed by atoms with E-state index in [-0.39, 0.29) is 16.7 Å². The molecular weight excluding hydrogens is 306 g/mol. The molecule has 0 radical (unpaired) electrons. The SMILES string of the molecule is Cc1nn(C(C)(C)C)cc1C(C)Nc1snc(Cl)c1C#N. The molecule has 2 aromatic heterocycles. The van der Waals surface area contributed by atoms with E-state index in [1.807, 2.05) is 24.7 Å². The molecule has 0 aliphatic rings. The van der Waals surface area contributed by atoms with E-state index >= 15 is 0 Å². The Bertz CT molecular complexity index is 689. The molecule has 0 spiro atoms. The molecule has 0 bridgehead atoms. The number of nitrogens with one attached hydrogen (secondary N) is 1. The van der Waals surface area contributed by atoms with Crippen LogP contribution in [0.25, 0.3) is 0 Å². The zero-order valence-electron chi connectivity index (χ0n) is 12.7. The van der Waals surface area contributed by atoms with Crippen molar-refractivity contribution >= 4 is 28.1 Å². The molecule has 1 unspecified atom stereocenters. The summed E-state index contributed by atoms with van der Waals surface area (Å²) in [4.78, 5) is 0. The highest BCUT2D eigenvalue weighted by Crippen LogP contribution is 2.31. The van der Waals surface area contributed by atoms with E-state index in [0.29, 0.717) is 10.6 Å². The van der Waals surface area contributed by atoms with E-state index in [1.54, 1.807) is 0 Å². The average Bonchev–Trinajstić information content (AvgIpc) is 2.92. The smallest absolute Gasteiger partial charge is 0.162 e. The fraction of sp³-hybridized carbons (Fsp3) is 0.500. The minimum Gasteiger partial charge on any atom is -0.368 e. The van der Waals surface area contributed by atoms with Crippen LogP contribution in [0.15, 0.2) is 6.20 Å². The van der Waals surface area contributed by atoms with Gasteiger partial charge in [0.15, 0.2) is 5.15 Å². The van der Waals surface area contributed by atoms with Gasteiger partial charge in [-0.3, -0.25) is 4.68 Å². The summed E-state index contributed by atoms with van der Waals surface area (Å²) >= 11 is 7.09. The monoisotopic (exact) mass is 323 g/mol. The molecule has 21 heavy (non-hydrogen) atoms. The third kappa shape index (κ3) is 3.20. The van der Waals surface area contributed by atoms with Crippen LogP contribution in [0, 0.1) is 18.3 Å². The number of aromatic nitrogens is 3. The molecule has 0 saturated carbocycles. The predicted molar refractivity (Wildman–Crippen MR) is 85.8 cm³/mol. The third-order valence-electron chi connectivity index (χ3n) is 3.20. The van der Waals surface area contributed by atoms with Crippen molar-refractivity contribution in [3.63, 3.8) is 0 Å². The van der Waals surface area contributed by atoms with E-state index in [4.69, 9.17) is 16.9 Å². The van der Waals surface area contributed by atoms with Crippen LogP contribution in [0.1, 0.15) is 50.6 Å². The highest BCUT2D eigenvalue weighted by Gasteiger charge is 2.21. The summed E-state index contributed by atoms with van der Waals surface area (Å²) in [6, 6.07) is 2.10. The van der Waals surface area contributed by atoms with Gasteiger partial charge in [0.05, 0.1) is 17.3 Å². The van der Waals surface area contributed by atoms with Gasteiger partial charge in [-0.2, -0.15) is 14.7 Å². The Kier molecular flexibility index (Phi) is 4.26. The van der Waals surface area contributed by atoms with Crippen molar-refractivity contribution in [1.29, 1.82) is 5.26 Å². The van der Waals surface area contributed by atoms with E-state index in [0.717, 1.165) is 11.3 Å². The van der Waals surface area contributed by atoms with Crippen molar-refractivity contribution in [1.82, 2.24) is 14.2 Å². The summed E-state index contributed by atoms with van der Waals surface area (Å²) < 4.78 is 5.96. The van der Waals surface area contributed by atoms with Crippen molar-refractivity contribution in [2.24, 2.45) is 0 Å².